The van der Waals surface area contributed by atoms with E-state index in [1.54, 1.807) is 23.3 Å². The SMILES string of the molecule is CC1=[C-]CC=C1.Cl.Cl.[C-]1=CC=CC1.[CH3-].[CH3-].[SiH2]=[Zr]. The van der Waals surface area contributed by atoms with Crippen LogP contribution in [0.25, 0.3) is 0 Å². The van der Waals surface area contributed by atoms with E-state index in [1.165, 1.54) is 5.57 Å². The number of hydrogen-bond acceptors (Lipinski definition) is 0. The zero-order valence-electron chi connectivity index (χ0n) is 10.8. The first-order valence-electron chi connectivity index (χ1n) is 4.20. The average Bonchev–Trinajstić information content (AvgIpc) is 2.81. The van der Waals surface area contributed by atoms with Crippen LogP contribution in [0, 0.1) is 27.0 Å². The van der Waals surface area contributed by atoms with Gasteiger partial charge in [0.1, 0.15) is 0 Å². The second kappa shape index (κ2) is 25.5. The van der Waals surface area contributed by atoms with Gasteiger partial charge in [-0.25, -0.2) is 23.8 Å². The molecule has 0 aromatic carbocycles. The predicted octanol–water partition coefficient (Wildman–Crippen LogP) is 3.83. The molecule has 0 bridgehead atoms. The summed E-state index contributed by atoms with van der Waals surface area (Å²) < 4.78 is 0. The molecule has 0 aromatic heterocycles. The second-order valence-electron chi connectivity index (χ2n) is 2.47. The van der Waals surface area contributed by atoms with Gasteiger partial charge < -0.3 is 14.9 Å². The number of rotatable bonds is 0. The Labute approximate surface area is 137 Å². The molecular formula is C13H22Cl2SiZr-4. The first-order valence-corrected chi connectivity index (χ1v) is 10.1. The molecule has 0 N–H and O–H groups in total. The monoisotopic (exact) mass is 366 g/mol. The van der Waals surface area contributed by atoms with Gasteiger partial charge in [0.05, 0.1) is 0 Å². The molecule has 0 radical (unpaired) electrons. The maximum absolute atomic E-state index is 3.12. The van der Waals surface area contributed by atoms with Gasteiger partial charge >= 0.3 is 30.2 Å². The van der Waals surface area contributed by atoms with Gasteiger partial charge in [-0.15, -0.1) is 37.7 Å². The van der Waals surface area contributed by atoms with Crippen LogP contribution >= 0.6 is 24.8 Å². The number of hydrogen-bond donors (Lipinski definition) is 0. The van der Waals surface area contributed by atoms with Crippen molar-refractivity contribution in [1.82, 2.24) is 0 Å². The van der Waals surface area contributed by atoms with E-state index in [0.717, 1.165) is 12.8 Å². The molecule has 17 heavy (non-hydrogen) atoms. The van der Waals surface area contributed by atoms with Crippen molar-refractivity contribution in [2.75, 3.05) is 0 Å². The Morgan fingerprint density at radius 2 is 1.71 bits per heavy atom. The van der Waals surface area contributed by atoms with Gasteiger partial charge in [0, 0.05) is 0 Å². The Morgan fingerprint density at radius 3 is 1.82 bits per heavy atom. The molecule has 0 aliphatic heterocycles. The van der Waals surface area contributed by atoms with E-state index in [-0.39, 0.29) is 39.7 Å². The molecule has 100 valence electrons. The number of allylic oxidation sites excluding steroid dienone is 8. The Balaban J connectivity index is -0.0000000412. The van der Waals surface area contributed by atoms with Crippen molar-refractivity contribution in [3.63, 3.8) is 0 Å². The topological polar surface area (TPSA) is 0 Å². The minimum atomic E-state index is 0. The Hall–Kier alpha value is 0.640. The third-order valence-corrected chi connectivity index (χ3v) is 1.45. The van der Waals surface area contributed by atoms with E-state index in [4.69, 9.17) is 0 Å². The summed E-state index contributed by atoms with van der Waals surface area (Å²) >= 11 is 1.58. The molecule has 0 nitrogen and oxygen atoms in total. The van der Waals surface area contributed by atoms with Gasteiger partial charge in [-0.05, 0) is 0 Å². The van der Waals surface area contributed by atoms with E-state index in [1.807, 2.05) is 19.0 Å². The van der Waals surface area contributed by atoms with Crippen LogP contribution in [0.5, 0.6) is 0 Å². The van der Waals surface area contributed by atoms with Crippen molar-refractivity contribution in [3.8, 4) is 0 Å². The molecule has 0 spiro atoms. The summed E-state index contributed by atoms with van der Waals surface area (Å²) in [6.45, 7) is 4.01. The average molecular weight is 369 g/mol. The molecule has 2 aliphatic rings. The Morgan fingerprint density at radius 1 is 1.12 bits per heavy atom. The van der Waals surface area contributed by atoms with Crippen molar-refractivity contribution >= 4 is 31.7 Å². The predicted molar refractivity (Wildman–Crippen MR) is 83.6 cm³/mol. The van der Waals surface area contributed by atoms with Gasteiger partial charge in [0.15, 0.2) is 0 Å². The summed E-state index contributed by atoms with van der Waals surface area (Å²) in [6.07, 6.45) is 18.3. The van der Waals surface area contributed by atoms with Crippen molar-refractivity contribution in [1.29, 1.82) is 0 Å². The van der Waals surface area contributed by atoms with Crippen molar-refractivity contribution < 1.29 is 23.3 Å². The summed E-state index contributed by atoms with van der Waals surface area (Å²) in [6, 6.07) is 0. The quantitative estimate of drug-likeness (QED) is 0.450. The first-order chi connectivity index (χ1) is 6.39. The van der Waals surface area contributed by atoms with Crippen LogP contribution in [0.15, 0.2) is 36.0 Å². The molecule has 0 fully saturated rings. The summed E-state index contributed by atoms with van der Waals surface area (Å²) in [4.78, 5) is 0. The molecule has 2 rings (SSSR count). The molecule has 0 unspecified atom stereocenters. The van der Waals surface area contributed by atoms with Crippen LogP contribution in [0.4, 0.5) is 0 Å². The van der Waals surface area contributed by atoms with Crippen LogP contribution in [-0.4, -0.2) is 6.88 Å². The fourth-order valence-corrected chi connectivity index (χ4v) is 0.855. The fourth-order valence-electron chi connectivity index (χ4n) is 0.855. The van der Waals surface area contributed by atoms with Crippen LogP contribution in [-0.2, 0) is 23.3 Å². The van der Waals surface area contributed by atoms with Crippen molar-refractivity contribution in [3.05, 3.63) is 63.0 Å². The Bertz CT molecular complexity index is 233. The molecule has 4 heteroatoms. The third kappa shape index (κ3) is 22.3. The van der Waals surface area contributed by atoms with E-state index in [9.17, 15) is 0 Å². The summed E-state index contributed by atoms with van der Waals surface area (Å²) in [5, 5.41) is 0. The zero-order chi connectivity index (χ0) is 9.94. The molecule has 0 saturated carbocycles. The van der Waals surface area contributed by atoms with E-state index < -0.39 is 0 Å². The zero-order valence-corrected chi connectivity index (χ0v) is 16.3. The van der Waals surface area contributed by atoms with Crippen LogP contribution in [0.3, 0.4) is 0 Å². The van der Waals surface area contributed by atoms with Crippen molar-refractivity contribution in [2.45, 2.75) is 19.8 Å². The van der Waals surface area contributed by atoms with E-state index in [0.29, 0.717) is 0 Å². The molecule has 0 atom stereocenters. The van der Waals surface area contributed by atoms with E-state index in [2.05, 4.69) is 37.3 Å². The summed E-state index contributed by atoms with van der Waals surface area (Å²) in [5.41, 5.74) is 1.27. The third-order valence-electron chi connectivity index (χ3n) is 1.45. The molecule has 2 aliphatic carbocycles. The second-order valence-corrected chi connectivity index (χ2v) is 2.47. The summed E-state index contributed by atoms with van der Waals surface area (Å²) in [5.74, 6) is 0. The minimum absolute atomic E-state index is 0. The van der Waals surface area contributed by atoms with Gasteiger partial charge in [0.25, 0.3) is 0 Å². The fraction of sp³-hybridized carbons (Fsp3) is 0.231. The van der Waals surface area contributed by atoms with Gasteiger partial charge in [-0.1, -0.05) is 6.92 Å². The number of halogens is 2. The van der Waals surface area contributed by atoms with Crippen LogP contribution in [0.2, 0.25) is 0 Å². The molecule has 0 amide bonds. The maximum atomic E-state index is 3.12. The van der Waals surface area contributed by atoms with Gasteiger partial charge in [0.2, 0.25) is 0 Å². The Kier molecular flexibility index (Phi) is 45.8. The normalized spacial score (nSPS) is 11.9. The molecule has 0 saturated heterocycles. The van der Waals surface area contributed by atoms with Crippen LogP contribution < -0.4 is 0 Å². The summed E-state index contributed by atoms with van der Waals surface area (Å²) in [7, 11) is 0. The van der Waals surface area contributed by atoms with Gasteiger partial charge in [-0.3, -0.25) is 12.2 Å². The van der Waals surface area contributed by atoms with Crippen LogP contribution in [0.1, 0.15) is 19.8 Å². The van der Waals surface area contributed by atoms with E-state index >= 15 is 0 Å². The standard InChI is InChI=1S/C6H7.C5H5.2CH3.2ClH.H2Si.Zr/c1-6-4-2-3-5-6;1-2-4-5-3-1;;;;;;/h2,4H,3H2,1H3;1-3H,4H2;2*1H3;2*1H;1H2;/q4*-1;;;;. The molecule has 0 heterocycles. The molecule has 0 aromatic rings. The van der Waals surface area contributed by atoms with Crippen molar-refractivity contribution in [2.24, 2.45) is 0 Å². The first kappa shape index (κ1) is 30.6. The van der Waals surface area contributed by atoms with Gasteiger partial charge in [-0.2, -0.15) is 12.2 Å². The molecular weight excluding hydrogens is 346 g/mol.